The van der Waals surface area contributed by atoms with E-state index < -0.39 is 11.2 Å². The van der Waals surface area contributed by atoms with Crippen LogP contribution in [0.5, 0.6) is 0 Å². The average Bonchev–Trinajstić information content (AvgIpc) is 2.23. The summed E-state index contributed by atoms with van der Waals surface area (Å²) in [5.41, 5.74) is 5.14. The molecule has 1 atom stereocenters. The number of rotatable bonds is 5. The van der Waals surface area contributed by atoms with E-state index in [4.69, 9.17) is 5.73 Å². The fourth-order valence-electron chi connectivity index (χ4n) is 1.88. The lowest BCUT2D eigenvalue weighted by Crippen LogP contribution is -2.37. The summed E-state index contributed by atoms with van der Waals surface area (Å²) in [6, 6.07) is 0.0474. The predicted molar refractivity (Wildman–Crippen MR) is 73.0 cm³/mol. The molecule has 0 saturated carbocycles. The summed E-state index contributed by atoms with van der Waals surface area (Å²) in [7, 11) is 3.89. The molecule has 18 heavy (non-hydrogen) atoms. The van der Waals surface area contributed by atoms with E-state index in [1.165, 1.54) is 4.57 Å². The van der Waals surface area contributed by atoms with Crippen molar-refractivity contribution in [2.45, 2.75) is 26.4 Å². The minimum Gasteiger partial charge on any atom is -0.383 e. The highest BCUT2D eigenvalue weighted by molar-refractivity contribution is 5.60. The number of anilines is 2. The van der Waals surface area contributed by atoms with Crippen LogP contribution in [-0.4, -0.2) is 41.1 Å². The van der Waals surface area contributed by atoms with Gasteiger partial charge in [-0.2, -0.15) is 0 Å². The molecule has 0 aliphatic carbocycles. The number of nitrogen functional groups attached to an aromatic ring is 1. The number of hydrogen-bond donors (Lipinski definition) is 3. The van der Waals surface area contributed by atoms with Crippen molar-refractivity contribution in [3.05, 3.63) is 20.8 Å². The highest BCUT2D eigenvalue weighted by atomic mass is 16.2. The molecule has 1 rings (SSSR count). The van der Waals surface area contributed by atoms with E-state index >= 15 is 0 Å². The summed E-state index contributed by atoms with van der Waals surface area (Å²) in [6.45, 7) is 4.91. The van der Waals surface area contributed by atoms with Gasteiger partial charge in [-0.05, 0) is 27.9 Å². The predicted octanol–water partition coefficient (Wildman–Crippen LogP) is -0.499. The van der Waals surface area contributed by atoms with E-state index in [1.54, 1.807) is 6.92 Å². The van der Waals surface area contributed by atoms with Crippen LogP contribution >= 0.6 is 0 Å². The summed E-state index contributed by atoms with van der Waals surface area (Å²) in [5.74, 6) is 0.178. The normalized spacial score (nSPS) is 12.7. The Labute approximate surface area is 106 Å². The molecule has 0 aliphatic rings. The number of aromatic nitrogens is 2. The van der Waals surface area contributed by atoms with Crippen molar-refractivity contribution >= 4 is 11.5 Å². The van der Waals surface area contributed by atoms with E-state index in [-0.39, 0.29) is 17.5 Å². The molecule has 0 saturated heterocycles. The Morgan fingerprint density at radius 3 is 2.56 bits per heavy atom. The van der Waals surface area contributed by atoms with Gasteiger partial charge in [-0.25, -0.2) is 4.79 Å². The van der Waals surface area contributed by atoms with Crippen LogP contribution in [-0.2, 0) is 6.54 Å². The van der Waals surface area contributed by atoms with Gasteiger partial charge in [-0.3, -0.25) is 14.3 Å². The maximum absolute atomic E-state index is 11.7. The SMILES string of the molecule is CCn1c(N)c(NC(C)CN(C)C)c(=O)[nH]c1=O. The molecule has 0 bridgehead atoms. The van der Waals surface area contributed by atoms with Crippen molar-refractivity contribution < 1.29 is 0 Å². The smallest absolute Gasteiger partial charge is 0.330 e. The lowest BCUT2D eigenvalue weighted by Gasteiger charge is -2.20. The minimum atomic E-state index is -0.481. The van der Waals surface area contributed by atoms with Gasteiger partial charge in [0, 0.05) is 19.1 Å². The molecular formula is C11H21N5O2. The molecule has 102 valence electrons. The van der Waals surface area contributed by atoms with Gasteiger partial charge in [0.1, 0.15) is 11.5 Å². The zero-order valence-corrected chi connectivity index (χ0v) is 11.3. The van der Waals surface area contributed by atoms with Gasteiger partial charge >= 0.3 is 5.69 Å². The van der Waals surface area contributed by atoms with Crippen LogP contribution in [0.1, 0.15) is 13.8 Å². The summed E-state index contributed by atoms with van der Waals surface area (Å²) in [5, 5.41) is 3.04. The topological polar surface area (TPSA) is 96.2 Å². The summed E-state index contributed by atoms with van der Waals surface area (Å²) in [6.07, 6.45) is 0. The quantitative estimate of drug-likeness (QED) is 0.659. The molecular weight excluding hydrogens is 234 g/mol. The number of aromatic amines is 1. The zero-order valence-electron chi connectivity index (χ0n) is 11.3. The first-order chi connectivity index (χ1) is 8.36. The molecule has 0 aromatic carbocycles. The average molecular weight is 255 g/mol. The van der Waals surface area contributed by atoms with Crippen LogP contribution in [0.4, 0.5) is 11.5 Å². The number of nitrogens with zero attached hydrogens (tertiary/aromatic N) is 2. The third-order valence-electron chi connectivity index (χ3n) is 2.59. The van der Waals surface area contributed by atoms with Crippen molar-refractivity contribution in [1.29, 1.82) is 0 Å². The van der Waals surface area contributed by atoms with Crippen LogP contribution in [0.3, 0.4) is 0 Å². The lowest BCUT2D eigenvalue weighted by molar-refractivity contribution is 0.392. The summed E-state index contributed by atoms with van der Waals surface area (Å²) >= 11 is 0. The Morgan fingerprint density at radius 2 is 2.06 bits per heavy atom. The highest BCUT2D eigenvalue weighted by Crippen LogP contribution is 2.11. The van der Waals surface area contributed by atoms with E-state index in [9.17, 15) is 9.59 Å². The molecule has 0 amide bonds. The van der Waals surface area contributed by atoms with Crippen LogP contribution < -0.4 is 22.3 Å². The first kappa shape index (κ1) is 14.3. The van der Waals surface area contributed by atoms with Gasteiger partial charge < -0.3 is 16.0 Å². The molecule has 7 heteroatoms. The maximum atomic E-state index is 11.7. The fraction of sp³-hybridized carbons (Fsp3) is 0.636. The molecule has 1 unspecified atom stereocenters. The minimum absolute atomic E-state index is 0.0474. The van der Waals surface area contributed by atoms with Gasteiger partial charge in [0.05, 0.1) is 0 Å². The van der Waals surface area contributed by atoms with Gasteiger partial charge in [0.2, 0.25) is 0 Å². The molecule has 1 aromatic rings. The summed E-state index contributed by atoms with van der Waals surface area (Å²) < 4.78 is 1.33. The standard InChI is InChI=1S/C11H21N5O2/c1-5-16-9(12)8(10(17)14-11(16)18)13-7(2)6-15(3)4/h7,13H,5-6,12H2,1-4H3,(H,14,17,18). The van der Waals surface area contributed by atoms with Crippen molar-refractivity contribution in [2.75, 3.05) is 31.7 Å². The second-order valence-electron chi connectivity index (χ2n) is 4.57. The number of likely N-dealkylation sites (N-methyl/N-ethyl adjacent to an activating group) is 1. The molecule has 0 fully saturated rings. The van der Waals surface area contributed by atoms with Crippen molar-refractivity contribution in [1.82, 2.24) is 14.5 Å². The van der Waals surface area contributed by atoms with Crippen molar-refractivity contribution in [3.63, 3.8) is 0 Å². The molecule has 0 radical (unpaired) electrons. The third-order valence-corrected chi connectivity index (χ3v) is 2.59. The van der Waals surface area contributed by atoms with Gasteiger partial charge in [-0.15, -0.1) is 0 Å². The molecule has 1 aromatic heterocycles. The van der Waals surface area contributed by atoms with Gasteiger partial charge in [0.15, 0.2) is 0 Å². The first-order valence-electron chi connectivity index (χ1n) is 5.90. The van der Waals surface area contributed by atoms with Crippen LogP contribution in [0.25, 0.3) is 0 Å². The fourth-order valence-corrected chi connectivity index (χ4v) is 1.88. The second-order valence-corrected chi connectivity index (χ2v) is 4.57. The highest BCUT2D eigenvalue weighted by Gasteiger charge is 2.13. The number of H-pyrrole nitrogens is 1. The Bertz CT molecular complexity index is 517. The Hall–Kier alpha value is -1.76. The largest absolute Gasteiger partial charge is 0.383 e. The maximum Gasteiger partial charge on any atom is 0.330 e. The van der Waals surface area contributed by atoms with Crippen LogP contribution in [0.15, 0.2) is 9.59 Å². The van der Waals surface area contributed by atoms with E-state index in [0.29, 0.717) is 6.54 Å². The monoisotopic (exact) mass is 255 g/mol. The zero-order chi connectivity index (χ0) is 13.9. The van der Waals surface area contributed by atoms with E-state index in [0.717, 1.165) is 6.54 Å². The lowest BCUT2D eigenvalue weighted by atomic mass is 10.3. The van der Waals surface area contributed by atoms with Crippen LogP contribution in [0, 0.1) is 0 Å². The Kier molecular flexibility index (Phi) is 4.55. The van der Waals surface area contributed by atoms with Gasteiger partial charge in [0.25, 0.3) is 5.56 Å². The molecule has 4 N–H and O–H groups in total. The molecule has 7 nitrogen and oxygen atoms in total. The molecule has 1 heterocycles. The summed E-state index contributed by atoms with van der Waals surface area (Å²) in [4.78, 5) is 27.5. The van der Waals surface area contributed by atoms with Crippen molar-refractivity contribution in [3.8, 4) is 0 Å². The second kappa shape index (κ2) is 5.72. The van der Waals surface area contributed by atoms with Crippen molar-refractivity contribution in [2.24, 2.45) is 0 Å². The number of hydrogen-bond acceptors (Lipinski definition) is 5. The molecule has 0 aliphatic heterocycles. The Morgan fingerprint density at radius 1 is 1.44 bits per heavy atom. The number of nitrogens with one attached hydrogen (secondary N) is 2. The van der Waals surface area contributed by atoms with E-state index in [2.05, 4.69) is 10.3 Å². The van der Waals surface area contributed by atoms with Crippen LogP contribution in [0.2, 0.25) is 0 Å². The third kappa shape index (κ3) is 3.13. The first-order valence-corrected chi connectivity index (χ1v) is 5.90. The van der Waals surface area contributed by atoms with E-state index in [1.807, 2.05) is 25.9 Å². The molecule has 0 spiro atoms. The number of nitrogens with two attached hydrogens (primary N) is 1. The Balaban J connectivity index is 3.10. The van der Waals surface area contributed by atoms with Gasteiger partial charge in [-0.1, -0.05) is 0 Å².